The molecule has 0 saturated carbocycles. The SMILES string of the molecule is Nc1ccccc1NNI. The Morgan fingerprint density at radius 3 is 2.60 bits per heavy atom. The minimum atomic E-state index is 0.742. The molecule has 10 heavy (non-hydrogen) atoms. The van der Waals surface area contributed by atoms with Gasteiger partial charge in [-0.05, 0) is 12.1 Å². The van der Waals surface area contributed by atoms with E-state index in [1.54, 1.807) is 0 Å². The maximum atomic E-state index is 5.60. The lowest BCUT2D eigenvalue weighted by molar-refractivity contribution is 1.28. The molecule has 0 fully saturated rings. The number of hydrogen-bond acceptors (Lipinski definition) is 3. The molecule has 0 aliphatic carbocycles. The lowest BCUT2D eigenvalue weighted by Gasteiger charge is -2.04. The Balaban J connectivity index is 2.81. The molecular weight excluding hydrogens is 241 g/mol. The highest BCUT2D eigenvalue weighted by Gasteiger charge is 1.91. The molecule has 4 N–H and O–H groups in total. The first kappa shape index (κ1) is 7.62. The van der Waals surface area contributed by atoms with Gasteiger partial charge in [0.15, 0.2) is 0 Å². The van der Waals surface area contributed by atoms with Crippen molar-refractivity contribution in [1.29, 1.82) is 0 Å². The molecule has 0 aromatic heterocycles. The molecule has 0 bridgehead atoms. The van der Waals surface area contributed by atoms with Crippen LogP contribution >= 0.6 is 22.9 Å². The molecular formula is C6H8IN3. The summed E-state index contributed by atoms with van der Waals surface area (Å²) in [5, 5.41) is 0. The van der Waals surface area contributed by atoms with Gasteiger partial charge in [-0.25, -0.2) is 0 Å². The van der Waals surface area contributed by atoms with Crippen molar-refractivity contribution >= 4 is 34.2 Å². The summed E-state index contributed by atoms with van der Waals surface area (Å²) in [6.45, 7) is 0. The van der Waals surface area contributed by atoms with Gasteiger partial charge in [0.25, 0.3) is 0 Å². The van der Waals surface area contributed by atoms with Crippen LogP contribution in [0.15, 0.2) is 24.3 Å². The summed E-state index contributed by atoms with van der Waals surface area (Å²) in [5.41, 5.74) is 10.1. The van der Waals surface area contributed by atoms with Crippen LogP contribution in [-0.4, -0.2) is 0 Å². The minimum Gasteiger partial charge on any atom is -0.397 e. The van der Waals surface area contributed by atoms with E-state index in [4.69, 9.17) is 5.73 Å². The van der Waals surface area contributed by atoms with Gasteiger partial charge >= 0.3 is 0 Å². The van der Waals surface area contributed by atoms with Gasteiger partial charge in [0.1, 0.15) is 0 Å². The second kappa shape index (κ2) is 3.62. The molecule has 0 radical (unpaired) electrons. The van der Waals surface area contributed by atoms with Crippen LogP contribution in [0.2, 0.25) is 0 Å². The summed E-state index contributed by atoms with van der Waals surface area (Å²) < 4.78 is 2.76. The number of hydrogen-bond donors (Lipinski definition) is 3. The van der Waals surface area contributed by atoms with Crippen molar-refractivity contribution in [2.45, 2.75) is 0 Å². The van der Waals surface area contributed by atoms with Crippen molar-refractivity contribution in [3.8, 4) is 0 Å². The second-order valence-electron chi connectivity index (χ2n) is 1.81. The molecule has 0 aliphatic heterocycles. The molecule has 4 heteroatoms. The van der Waals surface area contributed by atoms with E-state index < -0.39 is 0 Å². The van der Waals surface area contributed by atoms with Crippen LogP contribution in [0.3, 0.4) is 0 Å². The highest BCUT2D eigenvalue weighted by atomic mass is 127. The quantitative estimate of drug-likeness (QED) is 0.322. The number of nitrogens with two attached hydrogens (primary N) is 1. The maximum Gasteiger partial charge on any atom is 0.0724 e. The van der Waals surface area contributed by atoms with Crippen LogP contribution in [0.5, 0.6) is 0 Å². The van der Waals surface area contributed by atoms with Gasteiger partial charge < -0.3 is 11.2 Å². The van der Waals surface area contributed by atoms with Gasteiger partial charge in [0, 0.05) is 22.9 Å². The molecule has 1 aromatic rings. The Kier molecular flexibility index (Phi) is 2.76. The van der Waals surface area contributed by atoms with Gasteiger partial charge in [0.2, 0.25) is 0 Å². The van der Waals surface area contributed by atoms with E-state index in [-0.39, 0.29) is 0 Å². The largest absolute Gasteiger partial charge is 0.397 e. The Bertz CT molecular complexity index is 214. The Morgan fingerprint density at radius 2 is 2.00 bits per heavy atom. The molecule has 0 amide bonds. The molecule has 3 nitrogen and oxygen atoms in total. The number of nitrogen functional groups attached to an aromatic ring is 1. The number of para-hydroxylation sites is 2. The van der Waals surface area contributed by atoms with Crippen molar-refractivity contribution in [2.24, 2.45) is 0 Å². The smallest absolute Gasteiger partial charge is 0.0724 e. The lowest BCUT2D eigenvalue weighted by atomic mass is 10.3. The number of rotatable bonds is 2. The van der Waals surface area contributed by atoms with Gasteiger partial charge in [-0.2, -0.15) is 3.64 Å². The minimum absolute atomic E-state index is 0.742. The summed E-state index contributed by atoms with van der Waals surface area (Å²) in [4.78, 5) is 0. The van der Waals surface area contributed by atoms with Gasteiger partial charge in [0.05, 0.1) is 11.4 Å². The van der Waals surface area contributed by atoms with E-state index in [1.165, 1.54) is 0 Å². The van der Waals surface area contributed by atoms with Crippen LogP contribution in [-0.2, 0) is 0 Å². The molecule has 0 spiro atoms. The summed E-state index contributed by atoms with van der Waals surface area (Å²) in [6, 6.07) is 7.57. The standard InChI is InChI=1S/C6H8IN3/c7-10-9-6-4-2-1-3-5(6)8/h1-4,9-10H,8H2. The van der Waals surface area contributed by atoms with E-state index in [0.29, 0.717) is 0 Å². The number of nitrogens with one attached hydrogen (secondary N) is 2. The maximum absolute atomic E-state index is 5.60. The number of benzene rings is 1. The third kappa shape index (κ3) is 1.74. The Hall–Kier alpha value is -0.490. The first-order valence-electron chi connectivity index (χ1n) is 2.81. The van der Waals surface area contributed by atoms with Crippen LogP contribution in [0, 0.1) is 0 Å². The van der Waals surface area contributed by atoms with E-state index in [2.05, 4.69) is 9.06 Å². The molecule has 1 rings (SSSR count). The second-order valence-corrected chi connectivity index (χ2v) is 2.35. The Labute approximate surface area is 73.5 Å². The average molecular weight is 249 g/mol. The van der Waals surface area contributed by atoms with Crippen molar-refractivity contribution in [3.63, 3.8) is 0 Å². The van der Waals surface area contributed by atoms with Crippen molar-refractivity contribution < 1.29 is 0 Å². The zero-order chi connectivity index (χ0) is 7.40. The average Bonchev–Trinajstić information content (AvgIpc) is 1.94. The first-order valence-corrected chi connectivity index (χ1v) is 3.88. The fraction of sp³-hybridized carbons (Fsp3) is 0. The molecule has 0 atom stereocenters. The topological polar surface area (TPSA) is 50.1 Å². The fourth-order valence-corrected chi connectivity index (χ4v) is 0.952. The van der Waals surface area contributed by atoms with Crippen LogP contribution < -0.4 is 14.8 Å². The monoisotopic (exact) mass is 249 g/mol. The van der Waals surface area contributed by atoms with E-state index >= 15 is 0 Å². The van der Waals surface area contributed by atoms with Crippen LogP contribution in [0.4, 0.5) is 11.4 Å². The highest BCUT2D eigenvalue weighted by molar-refractivity contribution is 14.1. The lowest BCUT2D eigenvalue weighted by Crippen LogP contribution is -2.09. The third-order valence-electron chi connectivity index (χ3n) is 1.14. The van der Waals surface area contributed by atoms with Gasteiger partial charge in [-0.15, -0.1) is 0 Å². The molecule has 54 valence electrons. The molecule has 0 aliphatic rings. The first-order chi connectivity index (χ1) is 4.84. The Morgan fingerprint density at radius 1 is 1.30 bits per heavy atom. The summed E-state index contributed by atoms with van der Waals surface area (Å²) in [6.07, 6.45) is 0. The predicted octanol–water partition coefficient (Wildman–Crippen LogP) is 1.54. The van der Waals surface area contributed by atoms with Crippen LogP contribution in [0.1, 0.15) is 0 Å². The highest BCUT2D eigenvalue weighted by Crippen LogP contribution is 2.15. The van der Waals surface area contributed by atoms with E-state index in [9.17, 15) is 0 Å². The van der Waals surface area contributed by atoms with Gasteiger partial charge in [-0.3, -0.25) is 0 Å². The molecule has 1 aromatic carbocycles. The summed E-state index contributed by atoms with van der Waals surface area (Å²) >= 11 is 1.99. The van der Waals surface area contributed by atoms with E-state index in [1.807, 2.05) is 47.1 Å². The molecule has 0 saturated heterocycles. The van der Waals surface area contributed by atoms with E-state index in [0.717, 1.165) is 11.4 Å². The molecule has 0 heterocycles. The van der Waals surface area contributed by atoms with Gasteiger partial charge in [-0.1, -0.05) is 12.1 Å². The third-order valence-corrected chi connectivity index (χ3v) is 1.41. The zero-order valence-electron chi connectivity index (χ0n) is 5.26. The number of anilines is 2. The summed E-state index contributed by atoms with van der Waals surface area (Å²) in [7, 11) is 0. The van der Waals surface area contributed by atoms with Crippen molar-refractivity contribution in [1.82, 2.24) is 3.64 Å². The fourth-order valence-electron chi connectivity index (χ4n) is 0.662. The van der Waals surface area contributed by atoms with Crippen LogP contribution in [0.25, 0.3) is 0 Å². The molecule has 0 unspecified atom stereocenters. The normalized spacial score (nSPS) is 9.30. The number of halogens is 1. The van der Waals surface area contributed by atoms with Crippen molar-refractivity contribution in [2.75, 3.05) is 11.2 Å². The summed E-state index contributed by atoms with van der Waals surface area (Å²) in [5.74, 6) is 0. The predicted molar refractivity (Wildman–Crippen MR) is 51.6 cm³/mol. The zero-order valence-corrected chi connectivity index (χ0v) is 7.42. The number of hydrazine groups is 1. The van der Waals surface area contributed by atoms with Crippen molar-refractivity contribution in [3.05, 3.63) is 24.3 Å².